The summed E-state index contributed by atoms with van der Waals surface area (Å²) < 4.78 is 0. The van der Waals surface area contributed by atoms with Gasteiger partial charge in [0.25, 0.3) is 0 Å². The fourth-order valence-electron chi connectivity index (χ4n) is 0.0843. The van der Waals surface area contributed by atoms with Gasteiger partial charge in [-0.1, -0.05) is 0 Å². The van der Waals surface area contributed by atoms with E-state index < -0.39 is 14.5 Å². The van der Waals surface area contributed by atoms with E-state index in [4.69, 9.17) is 31.2 Å². The summed E-state index contributed by atoms with van der Waals surface area (Å²) in [7, 11) is -4.79. The van der Waals surface area contributed by atoms with Gasteiger partial charge in [-0.15, -0.1) is 0 Å². The van der Waals surface area contributed by atoms with E-state index >= 15 is 0 Å². The summed E-state index contributed by atoms with van der Waals surface area (Å²) in [6.07, 6.45) is 0. The van der Waals surface area contributed by atoms with Crippen molar-refractivity contribution in [1.29, 1.82) is 0 Å². The average molecular weight is 408 g/mol. The quantitative estimate of drug-likeness (QED) is 0.195. The third kappa shape index (κ3) is 34.0. The molecule has 0 heterocycles. The maximum absolute atomic E-state index is 9.15. The van der Waals surface area contributed by atoms with Crippen molar-refractivity contribution in [2.24, 2.45) is 10.1 Å². The van der Waals surface area contributed by atoms with E-state index in [0.29, 0.717) is 0 Å². The van der Waals surface area contributed by atoms with E-state index in [0.717, 1.165) is 0 Å². The van der Waals surface area contributed by atoms with Crippen LogP contribution in [0.3, 0.4) is 0 Å². The predicted molar refractivity (Wildman–Crippen MR) is 29.8 cm³/mol. The molecule has 0 spiro atoms. The first kappa shape index (κ1) is 18.4. The molecule has 0 saturated heterocycles. The molecule has 13 heteroatoms. The minimum Gasteiger partial charge on any atom is -0.890 e. The van der Waals surface area contributed by atoms with Crippen molar-refractivity contribution in [3.63, 3.8) is 0 Å². The summed E-state index contributed by atoms with van der Waals surface area (Å²) in [6, 6.07) is 0. The van der Waals surface area contributed by atoms with Gasteiger partial charge in [0.2, 0.25) is 0 Å². The Morgan fingerprint density at radius 3 is 1.08 bits per heavy atom. The van der Waals surface area contributed by atoms with Crippen molar-refractivity contribution in [3.05, 3.63) is 20.9 Å². The third-order valence-electron chi connectivity index (χ3n) is 0.292. The normalized spacial score (nSPS) is 5.85. The standard InChI is InChI=1S/2BN3O2.U/c2*2-4-3-1(5)6;/q2*-2;+4. The zero-order valence-electron chi connectivity index (χ0n) is 5.97. The molecular formula is B2N6O4U. The van der Waals surface area contributed by atoms with Gasteiger partial charge in [0.15, 0.2) is 0 Å². The Kier molecular flexibility index (Phi) is 20.1. The fraction of sp³-hybridized carbons (Fsp3) is 0. The molecule has 0 unspecified atom stereocenters. The summed E-state index contributed by atoms with van der Waals surface area (Å²) in [5, 5.41) is 41.0. The fourth-order valence-corrected chi connectivity index (χ4v) is 0.0843. The topological polar surface area (TPSA) is 190 Å². The SMILES string of the molecule is [N-]=[N+]=NB([O-])[O-].[N-]=[N+]=NB([O-])[O-].[U+4]. The molecule has 0 amide bonds. The first-order valence-corrected chi connectivity index (χ1v) is 2.26. The summed E-state index contributed by atoms with van der Waals surface area (Å²) >= 11 is 0. The third-order valence-corrected chi connectivity index (χ3v) is 0.292. The zero-order chi connectivity index (χ0) is 9.98. The predicted octanol–water partition coefficient (Wildman–Crippen LogP) is -4.00. The van der Waals surface area contributed by atoms with Crippen molar-refractivity contribution in [3.8, 4) is 0 Å². The van der Waals surface area contributed by atoms with Gasteiger partial charge in [-0.05, 0) is 35.4 Å². The van der Waals surface area contributed by atoms with Crippen LogP contribution in [0.15, 0.2) is 10.1 Å². The molecule has 0 radical (unpaired) electrons. The number of azide groups is 2. The van der Waals surface area contributed by atoms with Gasteiger partial charge in [-0.2, -0.15) is 10.1 Å². The number of nitrogens with zero attached hydrogens (tertiary/aromatic N) is 6. The van der Waals surface area contributed by atoms with Crippen molar-refractivity contribution >= 4 is 14.5 Å². The summed E-state index contributed by atoms with van der Waals surface area (Å²) in [5.41, 5.74) is 14.6. The van der Waals surface area contributed by atoms with Gasteiger partial charge in [0, 0.05) is 0 Å². The Bertz CT molecular complexity index is 173. The second kappa shape index (κ2) is 14.2. The van der Waals surface area contributed by atoms with Gasteiger partial charge in [0.05, 0.1) is 0 Å². The summed E-state index contributed by atoms with van der Waals surface area (Å²) in [5.74, 6) is 0. The number of hydrogen-bond acceptors (Lipinski definition) is 6. The second-order valence-electron chi connectivity index (χ2n) is 1.02. The van der Waals surface area contributed by atoms with Crippen LogP contribution in [0.2, 0.25) is 0 Å². The molecule has 0 atom stereocenters. The van der Waals surface area contributed by atoms with Crippen LogP contribution in [-0.4, -0.2) is 14.5 Å². The first-order valence-electron chi connectivity index (χ1n) is 2.26. The molecule has 0 aliphatic rings. The summed E-state index contributed by atoms with van der Waals surface area (Å²) in [4.78, 5) is 3.87. The van der Waals surface area contributed by atoms with Crippen molar-refractivity contribution < 1.29 is 51.2 Å². The van der Waals surface area contributed by atoms with E-state index in [1.54, 1.807) is 0 Å². The van der Waals surface area contributed by atoms with E-state index in [-0.39, 0.29) is 31.1 Å². The maximum Gasteiger partial charge on any atom is 4.00 e. The van der Waals surface area contributed by atoms with Crippen LogP contribution in [0, 0.1) is 31.1 Å². The molecule has 0 rings (SSSR count). The van der Waals surface area contributed by atoms with E-state index in [1.807, 2.05) is 9.82 Å². The van der Waals surface area contributed by atoms with Crippen molar-refractivity contribution in [2.75, 3.05) is 0 Å². The monoisotopic (exact) mass is 408 g/mol. The largest absolute Gasteiger partial charge is 4.00 e. The van der Waals surface area contributed by atoms with E-state index in [9.17, 15) is 0 Å². The Hall–Kier alpha value is -0.358. The molecule has 0 N–H and O–H groups in total. The molecule has 0 aliphatic carbocycles. The molecule has 0 fully saturated rings. The van der Waals surface area contributed by atoms with Gasteiger partial charge in [-0.3, -0.25) is 0 Å². The Labute approximate surface area is 96.5 Å². The van der Waals surface area contributed by atoms with E-state index in [2.05, 4.69) is 10.1 Å². The Balaban J connectivity index is -0.000000143. The molecule has 13 heavy (non-hydrogen) atoms. The van der Waals surface area contributed by atoms with Gasteiger partial charge < -0.3 is 20.1 Å². The van der Waals surface area contributed by atoms with E-state index in [1.165, 1.54) is 0 Å². The van der Waals surface area contributed by atoms with Gasteiger partial charge >= 0.3 is 31.1 Å². The van der Waals surface area contributed by atoms with Gasteiger partial charge in [0.1, 0.15) is 0 Å². The van der Waals surface area contributed by atoms with Crippen LogP contribution in [0.1, 0.15) is 0 Å². The molecule has 10 nitrogen and oxygen atoms in total. The number of hydrogen-bond donors (Lipinski definition) is 0. The number of rotatable bonds is 2. The van der Waals surface area contributed by atoms with Crippen LogP contribution < -0.4 is 20.1 Å². The first-order chi connectivity index (χ1) is 5.54. The Morgan fingerprint density at radius 2 is 1.08 bits per heavy atom. The van der Waals surface area contributed by atoms with Crippen molar-refractivity contribution in [2.45, 2.75) is 0 Å². The van der Waals surface area contributed by atoms with Crippen molar-refractivity contribution in [1.82, 2.24) is 0 Å². The molecule has 64 valence electrons. The summed E-state index contributed by atoms with van der Waals surface area (Å²) in [6.45, 7) is 0. The van der Waals surface area contributed by atoms with Gasteiger partial charge in [-0.25, -0.2) is 0 Å². The maximum atomic E-state index is 9.15. The minimum absolute atomic E-state index is 0. The second-order valence-corrected chi connectivity index (χ2v) is 1.02. The molecule has 0 aromatic heterocycles. The molecule has 0 aromatic carbocycles. The molecule has 0 saturated carbocycles. The van der Waals surface area contributed by atoms with Crippen LogP contribution in [0.25, 0.3) is 20.9 Å². The van der Waals surface area contributed by atoms with Crippen LogP contribution >= 0.6 is 0 Å². The smallest absolute Gasteiger partial charge is 0.890 e. The minimum atomic E-state index is -2.39. The molecular weight excluding hydrogens is 408 g/mol. The Morgan fingerprint density at radius 1 is 0.846 bits per heavy atom. The molecule has 0 bridgehead atoms. The average Bonchev–Trinajstić information content (AvgIpc) is 1.87. The van der Waals surface area contributed by atoms with Crippen LogP contribution in [-0.2, 0) is 0 Å². The van der Waals surface area contributed by atoms with Crippen LogP contribution in [0.4, 0.5) is 0 Å². The molecule has 0 aromatic rings. The van der Waals surface area contributed by atoms with Crippen LogP contribution in [0.5, 0.6) is 0 Å². The zero-order valence-corrected chi connectivity index (χ0v) is 10.1. The molecule has 0 aliphatic heterocycles.